The summed E-state index contributed by atoms with van der Waals surface area (Å²) < 4.78 is 14.3. The van der Waals surface area contributed by atoms with Gasteiger partial charge >= 0.3 is 5.20 Å². The lowest BCUT2D eigenvalue weighted by Crippen LogP contribution is -2.27. The molecule has 6 aromatic carbocycles. The van der Waals surface area contributed by atoms with Gasteiger partial charge in [-0.15, -0.1) is 0 Å². The second-order valence-electron chi connectivity index (χ2n) is 15.0. The molecule has 0 aliphatic carbocycles. The number of benzene rings is 6. The van der Waals surface area contributed by atoms with Crippen LogP contribution in [0.3, 0.4) is 0 Å². The van der Waals surface area contributed by atoms with Gasteiger partial charge in [0.15, 0.2) is 5.82 Å². The molecule has 20 heteroatoms. The van der Waals surface area contributed by atoms with E-state index in [0.29, 0.717) is 17.1 Å². The number of nitrogen functional groups attached to an aromatic ring is 2. The van der Waals surface area contributed by atoms with Crippen molar-refractivity contribution < 1.29 is 14.2 Å². The normalized spacial score (nSPS) is 9.96. The van der Waals surface area contributed by atoms with Crippen LogP contribution in [0, 0.1) is 0 Å². The number of imidazole rings is 1. The van der Waals surface area contributed by atoms with Crippen LogP contribution in [0.15, 0.2) is 232 Å². The van der Waals surface area contributed by atoms with Crippen molar-refractivity contribution in [3.05, 3.63) is 244 Å². The second kappa shape index (κ2) is 32.4. The minimum Gasteiger partial charge on any atom is -0.397 e. The highest BCUT2D eigenvalue weighted by molar-refractivity contribution is 9.11. The smallest absolute Gasteiger partial charge is 0.339 e. The summed E-state index contributed by atoms with van der Waals surface area (Å²) in [5, 5.41) is -0.510. The minimum absolute atomic E-state index is 0. The summed E-state index contributed by atoms with van der Waals surface area (Å²) in [6.07, 6.45) is 4.92. The summed E-state index contributed by atoms with van der Waals surface area (Å²) in [6, 6.07) is 63.4. The van der Waals surface area contributed by atoms with Crippen LogP contribution in [0.2, 0.25) is 0 Å². The van der Waals surface area contributed by atoms with Gasteiger partial charge < -0.3 is 16.8 Å². The number of aromatic nitrogens is 5. The van der Waals surface area contributed by atoms with E-state index in [1.54, 1.807) is 47.6 Å². The number of amides is 1. The molecule has 0 bridgehead atoms. The number of rotatable bonds is 8. The van der Waals surface area contributed by atoms with Crippen molar-refractivity contribution in [2.24, 2.45) is 0 Å². The predicted octanol–water partition coefficient (Wildman–Crippen LogP) is 19.2. The molecule has 0 saturated carbocycles. The number of halogens is 7. The van der Waals surface area contributed by atoms with E-state index in [1.165, 1.54) is 6.20 Å². The first-order chi connectivity index (χ1) is 35.5. The average Bonchev–Trinajstić information content (AvgIpc) is 3.80. The van der Waals surface area contributed by atoms with Gasteiger partial charge in [0, 0.05) is 49.1 Å². The van der Waals surface area contributed by atoms with Gasteiger partial charge in [0.2, 0.25) is 0 Å². The Hall–Kier alpha value is -6.39. The number of carbonyl (C=O) groups excluding carboxylic acids is 2. The highest BCUT2D eigenvalue weighted by Crippen LogP contribution is 2.61. The van der Waals surface area contributed by atoms with Crippen LogP contribution >= 0.6 is 98.3 Å². The van der Waals surface area contributed by atoms with Crippen LogP contribution in [0.5, 0.6) is 0 Å². The summed E-state index contributed by atoms with van der Waals surface area (Å²) in [4.78, 5) is 42.2. The zero-order chi connectivity index (χ0) is 53.0. The van der Waals surface area contributed by atoms with E-state index in [4.69, 9.17) is 28.1 Å². The molecule has 0 atom stereocenters. The van der Waals surface area contributed by atoms with Gasteiger partial charge in [-0.3, -0.25) is 33.6 Å². The number of nitrogens with two attached hydrogens (primary N) is 2. The quantitative estimate of drug-likeness (QED) is 0.0754. The Morgan fingerprint density at radius 2 is 1.01 bits per heavy atom. The molecule has 0 radical (unpaired) electrons. The lowest BCUT2D eigenvalue weighted by atomic mass is 10.2. The molecule has 0 aliphatic heterocycles. The Morgan fingerprint density at radius 3 is 1.53 bits per heavy atom. The number of hydrogen-bond acceptors (Lipinski definition) is 10. The third kappa shape index (κ3) is 20.5. The number of hydrogen-bond donors (Lipinski definition) is 3. The maximum absolute atomic E-state index is 13.0. The molecular weight excluding hydrogens is 1270 g/mol. The molecule has 0 unspecified atom stereocenters. The number of nitrogens with one attached hydrogen (secondary N) is 1. The molecule has 4 aromatic heterocycles. The van der Waals surface area contributed by atoms with Gasteiger partial charge in [0.25, 0.3) is 11.1 Å². The first-order valence-corrected chi connectivity index (χ1v) is 28.9. The van der Waals surface area contributed by atoms with E-state index < -0.39 is 10.4 Å². The molecular formula is C57H53Br3Cl4N9O3P. The maximum atomic E-state index is 13.0. The molecule has 398 valence electrons. The highest BCUT2D eigenvalue weighted by Gasteiger charge is 2.22. The summed E-state index contributed by atoms with van der Waals surface area (Å²) in [5.74, 6) is 0.613. The Kier molecular flexibility index (Phi) is 27.3. The molecule has 12 nitrogen and oxygen atoms in total. The van der Waals surface area contributed by atoms with Gasteiger partial charge in [-0.1, -0.05) is 113 Å². The Morgan fingerprint density at radius 1 is 0.545 bits per heavy atom. The van der Waals surface area contributed by atoms with Crippen molar-refractivity contribution in [3.8, 4) is 17.2 Å². The Bertz CT molecular complexity index is 3430. The molecule has 77 heavy (non-hydrogen) atoms. The first-order valence-electron chi connectivity index (χ1n) is 21.7. The molecule has 1 amide bonds. The minimum atomic E-state index is -3.22. The van der Waals surface area contributed by atoms with Crippen molar-refractivity contribution in [3.63, 3.8) is 0 Å². The number of carbonyl (C=O) groups is 2. The van der Waals surface area contributed by atoms with Crippen LogP contribution < -0.4 is 21.7 Å². The van der Waals surface area contributed by atoms with E-state index in [0.717, 1.165) is 64.4 Å². The lowest BCUT2D eigenvalue weighted by Gasteiger charge is -2.24. The number of fused-ring (bicyclic) bond motifs is 1. The third-order valence-electron chi connectivity index (χ3n) is 9.82. The fraction of sp³-hybridized carbons (Fsp3) is 0.0526. The van der Waals surface area contributed by atoms with Crippen LogP contribution in [-0.4, -0.2) is 35.7 Å². The van der Waals surface area contributed by atoms with Crippen LogP contribution in [0.4, 0.5) is 34.1 Å². The fourth-order valence-corrected chi connectivity index (χ4v) is 7.39. The maximum Gasteiger partial charge on any atom is 0.339 e. The van der Waals surface area contributed by atoms with E-state index in [-0.39, 0.29) is 33.9 Å². The second-order valence-corrected chi connectivity index (χ2v) is 24.7. The van der Waals surface area contributed by atoms with E-state index in [9.17, 15) is 14.2 Å². The summed E-state index contributed by atoms with van der Waals surface area (Å²) in [7, 11) is 0. The lowest BCUT2D eigenvalue weighted by molar-refractivity contribution is 0.0994. The van der Waals surface area contributed by atoms with Gasteiger partial charge in [0.05, 0.1) is 33.8 Å². The third-order valence-corrected chi connectivity index (χ3v) is 11.4. The topological polar surface area (TPSA) is 175 Å². The van der Waals surface area contributed by atoms with Gasteiger partial charge in [-0.05, 0) is 202 Å². The molecule has 4 heterocycles. The summed E-state index contributed by atoms with van der Waals surface area (Å²) in [5.41, 5.74) is 21.1. The summed E-state index contributed by atoms with van der Waals surface area (Å²) >= 11 is 28.9. The molecule has 0 spiro atoms. The molecule has 0 fully saturated rings. The fourth-order valence-electron chi connectivity index (χ4n) is 6.58. The zero-order valence-corrected chi connectivity index (χ0v) is 47.1. The van der Waals surface area contributed by atoms with E-state index >= 15 is 0 Å². The van der Waals surface area contributed by atoms with Gasteiger partial charge in [-0.2, -0.15) is 0 Å². The van der Waals surface area contributed by atoms with Crippen molar-refractivity contribution in [2.45, 2.75) is 22.3 Å². The Balaban J connectivity index is 0.000000269. The molecule has 10 rings (SSSR count). The standard InChI is InChI=1S/C18H14BrN3O.C18H12BrN3.C12H12N2.C6H3BrClNO.3CH4.Cl3OP/c19-13-10-11-16(21-12-13)18(23)22(14-6-2-1-3-7-14)17-9-5-4-8-15(17)20;19-13-10-11-16(20-12-13)18-21-15-8-4-5-9-17(15)22(18)14-6-2-1-3-7-14;13-11-8-4-5-9-12(11)14-10-6-2-1-3-7-10;7-4-1-2-5(6(8)10)9-3-4;;;;1-5(2,3)4/h1-12H,20H2;1-12H;1-9,14H,13H2;1-3H;3*1H4;. The Labute approximate surface area is 494 Å². The van der Waals surface area contributed by atoms with E-state index in [2.05, 4.69) is 125 Å². The largest absolute Gasteiger partial charge is 0.397 e. The zero-order valence-electron chi connectivity index (χ0n) is 38.4. The first kappa shape index (κ1) is 64.9. The monoisotopic (exact) mass is 1320 g/mol. The van der Waals surface area contributed by atoms with Crippen LogP contribution in [-0.2, 0) is 4.57 Å². The molecule has 10 aromatic rings. The number of nitrogens with zero attached hydrogens (tertiary/aromatic N) is 6. The molecule has 0 saturated heterocycles. The van der Waals surface area contributed by atoms with Crippen molar-refractivity contribution >= 4 is 155 Å². The molecule has 0 aliphatic rings. The SMILES string of the molecule is Brc1ccc(-c2nc3ccccc3n2-c2ccccc2)nc1.C.C.C.Nc1ccccc1N(C(=O)c1ccc(Br)cn1)c1ccccc1.Nc1ccccc1Nc1ccccc1.O=C(Cl)c1ccc(Br)cn1.O=P(Cl)(Cl)Cl. The van der Waals surface area contributed by atoms with Crippen molar-refractivity contribution in [2.75, 3.05) is 21.7 Å². The number of pyridine rings is 3. The number of anilines is 6. The number of para-hydroxylation sites is 9. The highest BCUT2D eigenvalue weighted by atomic mass is 79.9. The predicted molar refractivity (Wildman–Crippen MR) is 336 cm³/mol. The van der Waals surface area contributed by atoms with Crippen molar-refractivity contribution in [1.29, 1.82) is 0 Å². The summed E-state index contributed by atoms with van der Waals surface area (Å²) in [6.45, 7) is 0. The van der Waals surface area contributed by atoms with Crippen molar-refractivity contribution in [1.82, 2.24) is 24.5 Å². The van der Waals surface area contributed by atoms with Crippen LogP contribution in [0.1, 0.15) is 43.3 Å². The molecule has 5 N–H and O–H groups in total. The van der Waals surface area contributed by atoms with E-state index in [1.807, 2.05) is 152 Å². The van der Waals surface area contributed by atoms with Gasteiger partial charge in [-0.25, -0.2) is 9.97 Å². The van der Waals surface area contributed by atoms with Crippen LogP contribution in [0.25, 0.3) is 28.2 Å². The average molecular weight is 1320 g/mol. The van der Waals surface area contributed by atoms with Gasteiger partial charge in [0.1, 0.15) is 17.1 Å².